The van der Waals surface area contributed by atoms with Crippen molar-refractivity contribution in [3.63, 3.8) is 0 Å². The summed E-state index contributed by atoms with van der Waals surface area (Å²) < 4.78 is 4.72. The summed E-state index contributed by atoms with van der Waals surface area (Å²) in [6.45, 7) is 2.28. The van der Waals surface area contributed by atoms with Crippen LogP contribution in [0.15, 0.2) is 309 Å². The van der Waals surface area contributed by atoms with Crippen molar-refractivity contribution in [2.75, 3.05) is 9.80 Å². The van der Waals surface area contributed by atoms with E-state index < -0.39 is 0 Å². The molecule has 0 aliphatic carbocycles. The second kappa shape index (κ2) is 20.6. The molecule has 0 unspecified atom stereocenters. The molecule has 366 valence electrons. The first-order chi connectivity index (χ1) is 38.2. The van der Waals surface area contributed by atoms with Crippen molar-refractivity contribution in [3.05, 3.63) is 315 Å². The van der Waals surface area contributed by atoms with Gasteiger partial charge in [0.1, 0.15) is 0 Å². The summed E-state index contributed by atoms with van der Waals surface area (Å²) in [5, 5.41) is 5.12. The van der Waals surface area contributed by atoms with Crippen LogP contribution in [0.3, 0.4) is 0 Å². The van der Waals surface area contributed by atoms with Crippen LogP contribution in [0, 0.1) is 6.92 Å². The number of hydrogen-bond donors (Lipinski definition) is 0. The van der Waals surface area contributed by atoms with Crippen LogP contribution >= 0.6 is 0 Å². The van der Waals surface area contributed by atoms with Crippen molar-refractivity contribution in [1.82, 2.24) is 9.13 Å². The maximum absolute atomic E-state index is 2.40. The van der Waals surface area contributed by atoms with Crippen molar-refractivity contribution in [2.24, 2.45) is 0 Å². The molecule has 2 heterocycles. The van der Waals surface area contributed by atoms with E-state index in [-0.39, 0.29) is 0 Å². The van der Waals surface area contributed by atoms with Crippen LogP contribution in [0.5, 0.6) is 0 Å². The number of rotatable bonds is 10. The van der Waals surface area contributed by atoms with Gasteiger partial charge in [0, 0.05) is 67.0 Å². The Hall–Kier alpha value is -10.2. The quantitative estimate of drug-likeness (QED) is 0.136. The van der Waals surface area contributed by atoms with E-state index in [9.17, 15) is 0 Å². The number of benzene rings is 12. The van der Waals surface area contributed by atoms with Crippen molar-refractivity contribution in [1.29, 1.82) is 0 Å². The molecule has 12 aromatic carbocycles. The molecule has 0 bridgehead atoms. The minimum Gasteiger partial charge on any atom is -0.310 e. The molecule has 14 aromatic rings. The Morgan fingerprint density at radius 2 is 0.571 bits per heavy atom. The summed E-state index contributed by atoms with van der Waals surface area (Å²) in [5.41, 5.74) is 19.8. The van der Waals surface area contributed by atoms with Gasteiger partial charge in [-0.1, -0.05) is 194 Å². The molecule has 0 aliphatic rings. The van der Waals surface area contributed by atoms with Gasteiger partial charge in [-0.05, 0) is 150 Å². The lowest BCUT2D eigenvalue weighted by Gasteiger charge is -2.30. The van der Waals surface area contributed by atoms with Gasteiger partial charge in [-0.3, -0.25) is 0 Å². The van der Waals surface area contributed by atoms with Gasteiger partial charge in [-0.2, -0.15) is 0 Å². The first kappa shape index (κ1) is 46.6. The van der Waals surface area contributed by atoms with Crippen molar-refractivity contribution in [3.8, 4) is 33.6 Å². The molecule has 0 saturated carbocycles. The van der Waals surface area contributed by atoms with Crippen LogP contribution < -0.4 is 9.80 Å². The second-order valence-electron chi connectivity index (χ2n) is 19.3. The minimum absolute atomic E-state index is 1.07. The van der Waals surface area contributed by atoms with Crippen LogP contribution in [0.25, 0.3) is 77.2 Å². The number of aromatic nitrogens is 2. The van der Waals surface area contributed by atoms with Crippen molar-refractivity contribution >= 4 is 77.7 Å². The van der Waals surface area contributed by atoms with E-state index >= 15 is 0 Å². The average Bonchev–Trinajstić information content (AvgIpc) is 4.06. The Balaban J connectivity index is 0.000000248. The molecule has 4 heteroatoms. The van der Waals surface area contributed by atoms with Crippen LogP contribution in [-0.4, -0.2) is 9.13 Å². The molecule has 4 nitrogen and oxygen atoms in total. The molecule has 77 heavy (non-hydrogen) atoms. The van der Waals surface area contributed by atoms with Gasteiger partial charge in [0.15, 0.2) is 0 Å². The van der Waals surface area contributed by atoms with Crippen molar-refractivity contribution < 1.29 is 0 Å². The summed E-state index contributed by atoms with van der Waals surface area (Å²) >= 11 is 0. The van der Waals surface area contributed by atoms with Crippen LogP contribution in [0.4, 0.5) is 34.1 Å². The van der Waals surface area contributed by atoms with Gasteiger partial charge in [0.05, 0.1) is 22.1 Å². The third kappa shape index (κ3) is 8.78. The maximum atomic E-state index is 2.40. The van der Waals surface area contributed by atoms with E-state index in [1.807, 2.05) is 0 Å². The fourth-order valence-corrected chi connectivity index (χ4v) is 11.3. The van der Waals surface area contributed by atoms with Gasteiger partial charge in [-0.25, -0.2) is 0 Å². The SMILES string of the molecule is Cc1c(-c2cc(N(c3ccccc3)c3ccccc3)cc(N(c3ccccc3)c3ccccc3)c2)cccc1-c1cccc2c1c1ccccc1n2-c1ccccc1.c1ccc(-n2c3ccccc3c3ccccc32)cc1. The van der Waals surface area contributed by atoms with E-state index in [4.69, 9.17) is 0 Å². The standard InChI is InChI=1S/C55H41N3.C18H13N/c1-40-49(32-19-33-50(40)51-34-20-36-54-55(51)52-31-17-18-35-53(52)58(54)46-29-15-6-16-30-46)41-37-47(56(42-21-7-2-8-22-42)43-23-9-3-10-24-43)39-48(38-41)57(44-25-11-4-12-26-44)45-27-13-5-14-28-45;1-2-8-14(9-3-1)19-17-12-6-4-10-15(17)16-11-5-7-13-18(16)19/h2-39H,1H3;1-13H. The van der Waals surface area contributed by atoms with E-state index in [1.54, 1.807) is 0 Å². The lowest BCUT2D eigenvalue weighted by atomic mass is 9.90. The van der Waals surface area contributed by atoms with E-state index in [0.29, 0.717) is 0 Å². The fourth-order valence-electron chi connectivity index (χ4n) is 11.3. The largest absolute Gasteiger partial charge is 0.310 e. The minimum atomic E-state index is 1.07. The highest BCUT2D eigenvalue weighted by Crippen LogP contribution is 2.46. The summed E-state index contributed by atoms with van der Waals surface area (Å²) in [7, 11) is 0. The molecule has 14 rings (SSSR count). The molecular formula is C73H54N4. The number of nitrogens with zero attached hydrogens (tertiary/aromatic N) is 4. The number of hydrogen-bond acceptors (Lipinski definition) is 2. The fraction of sp³-hybridized carbons (Fsp3) is 0.0137. The number of para-hydroxylation sites is 9. The highest BCUT2D eigenvalue weighted by atomic mass is 15.2. The Bertz CT molecular complexity index is 4090. The van der Waals surface area contributed by atoms with Crippen LogP contribution in [0.1, 0.15) is 5.56 Å². The van der Waals surface area contributed by atoms with E-state index in [1.165, 1.54) is 71.6 Å². The van der Waals surface area contributed by atoms with Gasteiger partial charge in [0.25, 0.3) is 0 Å². The zero-order valence-corrected chi connectivity index (χ0v) is 42.7. The second-order valence-corrected chi connectivity index (χ2v) is 19.3. The summed E-state index contributed by atoms with van der Waals surface area (Å²) in [4.78, 5) is 4.72. The Kier molecular flexibility index (Phi) is 12.5. The van der Waals surface area contributed by atoms with Crippen molar-refractivity contribution in [2.45, 2.75) is 6.92 Å². The zero-order valence-electron chi connectivity index (χ0n) is 42.7. The van der Waals surface area contributed by atoms with Gasteiger partial charge in [0.2, 0.25) is 0 Å². The Labute approximate surface area is 449 Å². The normalized spacial score (nSPS) is 11.2. The van der Waals surface area contributed by atoms with Gasteiger partial charge >= 0.3 is 0 Å². The molecule has 0 fully saturated rings. The molecule has 0 aliphatic heterocycles. The first-order valence-corrected chi connectivity index (χ1v) is 26.3. The number of fused-ring (bicyclic) bond motifs is 6. The molecule has 0 spiro atoms. The predicted molar refractivity (Wildman–Crippen MR) is 327 cm³/mol. The Morgan fingerprint density at radius 1 is 0.247 bits per heavy atom. The predicted octanol–water partition coefficient (Wildman–Crippen LogP) is 20.1. The lowest BCUT2D eigenvalue weighted by Crippen LogP contribution is -2.13. The summed E-state index contributed by atoms with van der Waals surface area (Å²) in [5.74, 6) is 0. The molecule has 0 amide bonds. The van der Waals surface area contributed by atoms with E-state index in [0.717, 1.165) is 45.4 Å². The average molecular weight is 987 g/mol. The summed E-state index contributed by atoms with van der Waals surface area (Å²) in [6.07, 6.45) is 0. The monoisotopic (exact) mass is 986 g/mol. The molecular weight excluding hydrogens is 933 g/mol. The topological polar surface area (TPSA) is 16.3 Å². The molecule has 0 radical (unpaired) electrons. The molecule has 0 N–H and O–H groups in total. The van der Waals surface area contributed by atoms with Gasteiger partial charge in [-0.15, -0.1) is 0 Å². The summed E-state index contributed by atoms with van der Waals surface area (Å²) in [6, 6.07) is 110. The van der Waals surface area contributed by atoms with E-state index in [2.05, 4.69) is 335 Å². The third-order valence-electron chi connectivity index (χ3n) is 14.7. The molecule has 0 atom stereocenters. The maximum Gasteiger partial charge on any atom is 0.0547 e. The Morgan fingerprint density at radius 3 is 1.03 bits per heavy atom. The highest BCUT2D eigenvalue weighted by Gasteiger charge is 2.22. The highest BCUT2D eigenvalue weighted by molar-refractivity contribution is 6.16. The molecule has 2 aromatic heterocycles. The zero-order chi connectivity index (χ0) is 51.5. The third-order valence-corrected chi connectivity index (χ3v) is 14.7. The van der Waals surface area contributed by atoms with Gasteiger partial charge < -0.3 is 18.9 Å². The van der Waals surface area contributed by atoms with Crippen LogP contribution in [0.2, 0.25) is 0 Å². The molecule has 0 saturated heterocycles. The first-order valence-electron chi connectivity index (χ1n) is 26.3. The lowest BCUT2D eigenvalue weighted by molar-refractivity contribution is 1.18. The van der Waals surface area contributed by atoms with Crippen LogP contribution in [-0.2, 0) is 0 Å². The smallest absolute Gasteiger partial charge is 0.0547 e. The number of anilines is 6.